The average molecular weight is 318 g/mol. The van der Waals surface area contributed by atoms with E-state index in [9.17, 15) is 4.79 Å². The molecule has 0 aliphatic carbocycles. The maximum absolute atomic E-state index is 11.7. The van der Waals surface area contributed by atoms with Crippen LogP contribution in [0.2, 0.25) is 0 Å². The number of rotatable bonds is 4. The minimum Gasteiger partial charge on any atom is -0.326 e. The second-order valence-corrected chi connectivity index (χ2v) is 4.70. The summed E-state index contributed by atoms with van der Waals surface area (Å²) in [6.07, 6.45) is 0. The van der Waals surface area contributed by atoms with E-state index in [4.69, 9.17) is 0 Å². The van der Waals surface area contributed by atoms with Gasteiger partial charge in [-0.1, -0.05) is 13.0 Å². The highest BCUT2D eigenvalue weighted by Gasteiger charge is 2.11. The predicted molar refractivity (Wildman–Crippen MR) is 70.9 cm³/mol. The van der Waals surface area contributed by atoms with Crippen molar-refractivity contribution in [3.8, 4) is 0 Å². The fourth-order valence-corrected chi connectivity index (χ4v) is 1.77. The molecule has 0 fully saturated rings. The van der Waals surface area contributed by atoms with E-state index in [1.54, 1.807) is 0 Å². The van der Waals surface area contributed by atoms with Gasteiger partial charge in [-0.25, -0.2) is 0 Å². The van der Waals surface area contributed by atoms with Crippen LogP contribution in [0.3, 0.4) is 0 Å². The zero-order valence-electron chi connectivity index (χ0n) is 8.88. The van der Waals surface area contributed by atoms with E-state index in [0.717, 1.165) is 9.26 Å². The number of anilines is 1. The molecule has 4 heteroatoms. The Morgan fingerprint density at radius 2 is 2.27 bits per heavy atom. The summed E-state index contributed by atoms with van der Waals surface area (Å²) in [5.41, 5.74) is 0.856. The van der Waals surface area contributed by atoms with E-state index in [2.05, 4.69) is 33.2 Å². The van der Waals surface area contributed by atoms with E-state index in [0.29, 0.717) is 6.54 Å². The first-order valence-corrected chi connectivity index (χ1v) is 5.92. The predicted octanol–water partition coefficient (Wildman–Crippen LogP) is 2.09. The van der Waals surface area contributed by atoms with Crippen LogP contribution < -0.4 is 10.6 Å². The fourth-order valence-electron chi connectivity index (χ4n) is 1.23. The van der Waals surface area contributed by atoms with Crippen molar-refractivity contribution in [1.29, 1.82) is 0 Å². The van der Waals surface area contributed by atoms with Crippen LogP contribution in [0.25, 0.3) is 0 Å². The highest BCUT2D eigenvalue weighted by molar-refractivity contribution is 14.1. The lowest BCUT2D eigenvalue weighted by molar-refractivity contribution is -0.119. The number of hydrogen-bond acceptors (Lipinski definition) is 2. The molecule has 0 bridgehead atoms. The highest BCUT2D eigenvalue weighted by Crippen LogP contribution is 2.13. The van der Waals surface area contributed by atoms with Gasteiger partial charge in [-0.05, 0) is 47.8 Å². The van der Waals surface area contributed by atoms with E-state index in [1.165, 1.54) is 0 Å². The number of amides is 1. The highest BCUT2D eigenvalue weighted by atomic mass is 127. The van der Waals surface area contributed by atoms with Crippen LogP contribution in [0.5, 0.6) is 0 Å². The van der Waals surface area contributed by atoms with Gasteiger partial charge in [0.05, 0.1) is 0 Å². The SMILES string of the molecule is CNCC(C)C(=O)Nc1cccc(I)c1. The Morgan fingerprint density at radius 3 is 2.87 bits per heavy atom. The van der Waals surface area contributed by atoms with Gasteiger partial charge in [-0.15, -0.1) is 0 Å². The Morgan fingerprint density at radius 1 is 1.53 bits per heavy atom. The number of halogens is 1. The quantitative estimate of drug-likeness (QED) is 0.835. The van der Waals surface area contributed by atoms with Gasteiger partial charge in [-0.2, -0.15) is 0 Å². The second-order valence-electron chi connectivity index (χ2n) is 3.46. The van der Waals surface area contributed by atoms with E-state index in [-0.39, 0.29) is 11.8 Å². The average Bonchev–Trinajstić information content (AvgIpc) is 2.18. The number of benzene rings is 1. The number of carbonyl (C=O) groups excluding carboxylic acids is 1. The fraction of sp³-hybridized carbons (Fsp3) is 0.364. The zero-order chi connectivity index (χ0) is 11.3. The number of nitrogens with one attached hydrogen (secondary N) is 2. The van der Waals surface area contributed by atoms with Crippen LogP contribution in [0.1, 0.15) is 6.92 Å². The third-order valence-electron chi connectivity index (χ3n) is 2.05. The minimum absolute atomic E-state index is 0.0205. The summed E-state index contributed by atoms with van der Waals surface area (Å²) < 4.78 is 1.12. The molecule has 0 spiro atoms. The van der Waals surface area contributed by atoms with Crippen molar-refractivity contribution < 1.29 is 4.79 Å². The first-order chi connectivity index (χ1) is 7.13. The topological polar surface area (TPSA) is 41.1 Å². The molecule has 2 N–H and O–H groups in total. The van der Waals surface area contributed by atoms with Gasteiger partial charge in [0, 0.05) is 21.7 Å². The molecule has 0 radical (unpaired) electrons. The number of hydrogen-bond donors (Lipinski definition) is 2. The molecule has 0 aromatic heterocycles. The van der Waals surface area contributed by atoms with E-state index in [1.807, 2.05) is 38.2 Å². The molecular formula is C11H15IN2O. The van der Waals surface area contributed by atoms with E-state index < -0.39 is 0 Å². The lowest BCUT2D eigenvalue weighted by Gasteiger charge is -2.11. The molecule has 1 aromatic rings. The van der Waals surface area contributed by atoms with Gasteiger partial charge in [-0.3, -0.25) is 4.79 Å². The summed E-state index contributed by atoms with van der Waals surface area (Å²) >= 11 is 2.22. The van der Waals surface area contributed by atoms with Gasteiger partial charge in [0.25, 0.3) is 0 Å². The molecule has 1 rings (SSSR count). The second kappa shape index (κ2) is 6.07. The summed E-state index contributed by atoms with van der Waals surface area (Å²) in [6.45, 7) is 2.59. The third kappa shape index (κ3) is 4.17. The third-order valence-corrected chi connectivity index (χ3v) is 2.72. The Hall–Kier alpha value is -0.620. The minimum atomic E-state index is -0.0205. The van der Waals surface area contributed by atoms with Crippen molar-refractivity contribution in [3.63, 3.8) is 0 Å². The zero-order valence-corrected chi connectivity index (χ0v) is 11.0. The summed E-state index contributed by atoms with van der Waals surface area (Å²) in [4.78, 5) is 11.7. The summed E-state index contributed by atoms with van der Waals surface area (Å²) in [5, 5.41) is 5.87. The smallest absolute Gasteiger partial charge is 0.228 e. The summed E-state index contributed by atoms with van der Waals surface area (Å²) in [5.74, 6) is 0.0271. The molecule has 82 valence electrons. The molecular weight excluding hydrogens is 303 g/mol. The number of carbonyl (C=O) groups is 1. The van der Waals surface area contributed by atoms with E-state index >= 15 is 0 Å². The molecule has 1 atom stereocenters. The van der Waals surface area contributed by atoms with Crippen molar-refractivity contribution in [1.82, 2.24) is 5.32 Å². The summed E-state index contributed by atoms with van der Waals surface area (Å²) in [6, 6.07) is 7.77. The van der Waals surface area contributed by atoms with Gasteiger partial charge in [0.1, 0.15) is 0 Å². The van der Waals surface area contributed by atoms with Crippen LogP contribution in [0.15, 0.2) is 24.3 Å². The lowest BCUT2D eigenvalue weighted by Crippen LogP contribution is -2.28. The first-order valence-electron chi connectivity index (χ1n) is 4.84. The lowest BCUT2D eigenvalue weighted by atomic mass is 10.1. The van der Waals surface area contributed by atoms with Crippen molar-refractivity contribution in [3.05, 3.63) is 27.8 Å². The van der Waals surface area contributed by atoms with Crippen molar-refractivity contribution in [2.75, 3.05) is 18.9 Å². The van der Waals surface area contributed by atoms with Gasteiger partial charge < -0.3 is 10.6 Å². The van der Waals surface area contributed by atoms with Crippen LogP contribution in [-0.2, 0) is 4.79 Å². The molecule has 15 heavy (non-hydrogen) atoms. The Kier molecular flexibility index (Phi) is 5.04. The molecule has 1 unspecified atom stereocenters. The molecule has 0 aliphatic heterocycles. The van der Waals surface area contributed by atoms with Crippen LogP contribution in [-0.4, -0.2) is 19.5 Å². The van der Waals surface area contributed by atoms with Gasteiger partial charge >= 0.3 is 0 Å². The van der Waals surface area contributed by atoms with Crippen molar-refractivity contribution in [2.45, 2.75) is 6.92 Å². The monoisotopic (exact) mass is 318 g/mol. The Balaban J connectivity index is 2.58. The standard InChI is InChI=1S/C11H15IN2O/c1-8(7-13-2)11(15)14-10-5-3-4-9(12)6-10/h3-6,8,13H,7H2,1-2H3,(H,14,15). The normalized spacial score (nSPS) is 12.2. The summed E-state index contributed by atoms with van der Waals surface area (Å²) in [7, 11) is 1.84. The largest absolute Gasteiger partial charge is 0.326 e. The van der Waals surface area contributed by atoms with Crippen LogP contribution >= 0.6 is 22.6 Å². The molecule has 1 aromatic carbocycles. The maximum atomic E-state index is 11.7. The maximum Gasteiger partial charge on any atom is 0.228 e. The Bertz CT molecular complexity index is 341. The molecule has 0 saturated carbocycles. The van der Waals surface area contributed by atoms with Gasteiger partial charge in [0.2, 0.25) is 5.91 Å². The molecule has 3 nitrogen and oxygen atoms in total. The van der Waals surface area contributed by atoms with Gasteiger partial charge in [0.15, 0.2) is 0 Å². The van der Waals surface area contributed by atoms with Crippen LogP contribution in [0, 0.1) is 9.49 Å². The van der Waals surface area contributed by atoms with Crippen molar-refractivity contribution in [2.24, 2.45) is 5.92 Å². The molecule has 1 amide bonds. The molecule has 0 saturated heterocycles. The Labute approximate surface area is 104 Å². The van der Waals surface area contributed by atoms with Crippen molar-refractivity contribution >= 4 is 34.2 Å². The van der Waals surface area contributed by atoms with Crippen LogP contribution in [0.4, 0.5) is 5.69 Å². The molecule has 0 aliphatic rings. The first kappa shape index (κ1) is 12.4. The molecule has 0 heterocycles.